The van der Waals surface area contributed by atoms with Gasteiger partial charge in [0.05, 0.1) is 10.6 Å². The molecule has 1 aliphatic heterocycles. The van der Waals surface area contributed by atoms with Gasteiger partial charge in [0.2, 0.25) is 0 Å². The molecule has 1 aliphatic rings. The van der Waals surface area contributed by atoms with E-state index >= 15 is 0 Å². The van der Waals surface area contributed by atoms with Crippen molar-refractivity contribution in [3.63, 3.8) is 0 Å². The van der Waals surface area contributed by atoms with Crippen LogP contribution < -0.4 is 5.32 Å². The molecule has 0 saturated carbocycles. The van der Waals surface area contributed by atoms with Crippen LogP contribution in [0, 0.1) is 20.8 Å². The molecule has 0 atom stereocenters. The first-order valence-electron chi connectivity index (χ1n) is 7.95. The zero-order valence-electron chi connectivity index (χ0n) is 14.3. The van der Waals surface area contributed by atoms with Crippen LogP contribution in [0.4, 0.5) is 0 Å². The second-order valence-electron chi connectivity index (χ2n) is 5.95. The van der Waals surface area contributed by atoms with Crippen molar-refractivity contribution < 1.29 is 4.79 Å². The lowest BCUT2D eigenvalue weighted by Crippen LogP contribution is -2.17. The van der Waals surface area contributed by atoms with Crippen molar-refractivity contribution in [1.82, 2.24) is 9.88 Å². The Kier molecular flexibility index (Phi) is 4.65. The van der Waals surface area contributed by atoms with Crippen LogP contribution in [0.1, 0.15) is 35.0 Å². The summed E-state index contributed by atoms with van der Waals surface area (Å²) in [6, 6.07) is 8.56. The van der Waals surface area contributed by atoms with Crippen LogP contribution in [0.2, 0.25) is 0 Å². The normalized spacial score (nSPS) is 16.1. The molecule has 5 heteroatoms. The summed E-state index contributed by atoms with van der Waals surface area (Å²) < 4.78 is 2.81. The van der Waals surface area contributed by atoms with Gasteiger partial charge in [0.1, 0.15) is 4.32 Å². The molecule has 0 bridgehead atoms. The Morgan fingerprint density at radius 3 is 2.67 bits per heavy atom. The molecular formula is C19H20N2OS2. The van der Waals surface area contributed by atoms with Gasteiger partial charge in [0, 0.05) is 11.4 Å². The molecule has 24 heavy (non-hydrogen) atoms. The Morgan fingerprint density at radius 1 is 1.29 bits per heavy atom. The minimum absolute atomic E-state index is 0.111. The molecule has 124 valence electrons. The van der Waals surface area contributed by atoms with Gasteiger partial charge in [-0.25, -0.2) is 0 Å². The fourth-order valence-corrected chi connectivity index (χ4v) is 4.20. The molecule has 3 rings (SSSR count). The Hall–Kier alpha value is -1.85. The van der Waals surface area contributed by atoms with Crippen molar-refractivity contribution >= 4 is 40.3 Å². The van der Waals surface area contributed by atoms with Gasteiger partial charge >= 0.3 is 0 Å². The average molecular weight is 357 g/mol. The van der Waals surface area contributed by atoms with E-state index in [1.807, 2.05) is 6.08 Å². The second kappa shape index (κ2) is 6.57. The lowest BCUT2D eigenvalue weighted by atomic mass is 10.1. The highest BCUT2D eigenvalue weighted by Gasteiger charge is 2.23. The van der Waals surface area contributed by atoms with Gasteiger partial charge in [0.15, 0.2) is 0 Å². The maximum atomic E-state index is 11.9. The predicted molar refractivity (Wildman–Crippen MR) is 106 cm³/mol. The molecule has 2 heterocycles. The zero-order valence-corrected chi connectivity index (χ0v) is 15.9. The van der Waals surface area contributed by atoms with Gasteiger partial charge in [-0.1, -0.05) is 49.1 Å². The van der Waals surface area contributed by atoms with E-state index in [4.69, 9.17) is 12.2 Å². The molecule has 1 aromatic carbocycles. The summed E-state index contributed by atoms with van der Waals surface area (Å²) in [7, 11) is 0. The van der Waals surface area contributed by atoms with E-state index in [9.17, 15) is 4.79 Å². The van der Waals surface area contributed by atoms with E-state index < -0.39 is 0 Å². The Labute approximate surface area is 152 Å². The third-order valence-corrected chi connectivity index (χ3v) is 5.49. The Balaban J connectivity index is 2.14. The smallest absolute Gasteiger partial charge is 0.263 e. The van der Waals surface area contributed by atoms with Crippen molar-refractivity contribution in [1.29, 1.82) is 0 Å². The van der Waals surface area contributed by atoms with Crippen molar-refractivity contribution in [2.45, 2.75) is 34.1 Å². The average Bonchev–Trinajstić information content (AvgIpc) is 2.99. The van der Waals surface area contributed by atoms with Crippen LogP contribution in [0.15, 0.2) is 29.2 Å². The van der Waals surface area contributed by atoms with E-state index in [-0.39, 0.29) is 5.91 Å². The van der Waals surface area contributed by atoms with Crippen molar-refractivity contribution in [2.75, 3.05) is 0 Å². The SMILES string of the molecule is CCc1cccc(C)c1-n1c(C)cc(/C=C2/SC(=S)NC2=O)c1C. The Bertz CT molecular complexity index is 878. The number of thiocarbonyl (C=S) groups is 1. The molecule has 1 fully saturated rings. The van der Waals surface area contributed by atoms with Crippen LogP contribution >= 0.6 is 24.0 Å². The summed E-state index contributed by atoms with van der Waals surface area (Å²) in [5.41, 5.74) is 7.18. The van der Waals surface area contributed by atoms with Crippen molar-refractivity contribution in [3.8, 4) is 5.69 Å². The van der Waals surface area contributed by atoms with Crippen LogP contribution in [0.25, 0.3) is 11.8 Å². The van der Waals surface area contributed by atoms with Crippen LogP contribution in [0.5, 0.6) is 0 Å². The summed E-state index contributed by atoms with van der Waals surface area (Å²) in [5, 5.41) is 2.67. The number of aromatic nitrogens is 1. The number of nitrogens with one attached hydrogen (secondary N) is 1. The summed E-state index contributed by atoms with van der Waals surface area (Å²) in [6.45, 7) is 8.52. The van der Waals surface area contributed by atoms with Crippen LogP contribution in [-0.2, 0) is 11.2 Å². The van der Waals surface area contributed by atoms with E-state index in [1.54, 1.807) is 0 Å². The highest BCUT2D eigenvalue weighted by molar-refractivity contribution is 8.26. The summed E-state index contributed by atoms with van der Waals surface area (Å²) in [5.74, 6) is -0.111. The number of benzene rings is 1. The maximum absolute atomic E-state index is 11.9. The fourth-order valence-electron chi connectivity index (χ4n) is 3.17. The first-order valence-corrected chi connectivity index (χ1v) is 9.17. The molecule has 0 spiro atoms. The number of nitrogens with zero attached hydrogens (tertiary/aromatic N) is 1. The maximum Gasteiger partial charge on any atom is 0.263 e. The molecule has 0 aliphatic carbocycles. The number of amides is 1. The fraction of sp³-hybridized carbons (Fsp3) is 0.263. The summed E-state index contributed by atoms with van der Waals surface area (Å²) in [6.07, 6.45) is 2.92. The summed E-state index contributed by atoms with van der Waals surface area (Å²) in [4.78, 5) is 12.6. The van der Waals surface area contributed by atoms with Crippen LogP contribution in [0.3, 0.4) is 0 Å². The number of para-hydroxylation sites is 1. The number of hydrogen-bond donors (Lipinski definition) is 1. The largest absolute Gasteiger partial charge is 0.317 e. The van der Waals surface area contributed by atoms with Gasteiger partial charge in [-0.2, -0.15) is 0 Å². The van der Waals surface area contributed by atoms with E-state index in [1.165, 1.54) is 28.6 Å². The highest BCUT2D eigenvalue weighted by Crippen LogP contribution is 2.31. The van der Waals surface area contributed by atoms with Crippen molar-refractivity contribution in [2.24, 2.45) is 0 Å². The van der Waals surface area contributed by atoms with Gasteiger partial charge in [0.25, 0.3) is 5.91 Å². The van der Waals surface area contributed by atoms with Gasteiger partial charge < -0.3 is 9.88 Å². The molecule has 1 N–H and O–H groups in total. The van der Waals surface area contributed by atoms with E-state index in [0.29, 0.717) is 9.23 Å². The minimum atomic E-state index is -0.111. The first-order chi connectivity index (χ1) is 11.4. The molecule has 2 aromatic rings. The number of carbonyl (C=O) groups excluding carboxylic acids is 1. The minimum Gasteiger partial charge on any atom is -0.317 e. The van der Waals surface area contributed by atoms with Crippen LogP contribution in [-0.4, -0.2) is 14.8 Å². The monoisotopic (exact) mass is 356 g/mol. The predicted octanol–water partition coefficient (Wildman–Crippen LogP) is 4.45. The van der Waals surface area contributed by atoms with Gasteiger partial charge in [-0.15, -0.1) is 0 Å². The van der Waals surface area contributed by atoms with Gasteiger partial charge in [-0.05, 0) is 56.0 Å². The molecule has 0 radical (unpaired) electrons. The van der Waals surface area contributed by atoms with Gasteiger partial charge in [-0.3, -0.25) is 4.79 Å². The lowest BCUT2D eigenvalue weighted by Gasteiger charge is -2.17. The van der Waals surface area contributed by atoms with E-state index in [0.717, 1.165) is 23.4 Å². The molecular weight excluding hydrogens is 336 g/mol. The lowest BCUT2D eigenvalue weighted by molar-refractivity contribution is -0.115. The molecule has 1 saturated heterocycles. The third-order valence-electron chi connectivity index (χ3n) is 4.32. The molecule has 3 nitrogen and oxygen atoms in total. The number of thioether (sulfide) groups is 1. The highest BCUT2D eigenvalue weighted by atomic mass is 32.2. The Morgan fingerprint density at radius 2 is 2.04 bits per heavy atom. The number of carbonyl (C=O) groups is 1. The number of hydrogen-bond acceptors (Lipinski definition) is 3. The second-order valence-corrected chi connectivity index (χ2v) is 7.67. The quantitative estimate of drug-likeness (QED) is 0.651. The molecule has 0 unspecified atom stereocenters. The topological polar surface area (TPSA) is 34.0 Å². The zero-order chi connectivity index (χ0) is 17.4. The molecule has 1 amide bonds. The first kappa shape index (κ1) is 17.0. The third kappa shape index (κ3) is 2.94. The molecule has 1 aromatic heterocycles. The number of aryl methyl sites for hydroxylation is 3. The summed E-state index contributed by atoms with van der Waals surface area (Å²) >= 11 is 6.39. The standard InChI is InChI=1S/C19H20N2OS2/c1-5-14-8-6-7-11(2)17(14)21-12(3)9-15(13(21)4)10-16-18(22)20-19(23)24-16/h6-10H,5H2,1-4H3,(H,20,22,23)/b16-10+. The van der Waals surface area contributed by atoms with E-state index in [2.05, 4.69) is 61.8 Å². The number of rotatable bonds is 3. The van der Waals surface area contributed by atoms with Crippen molar-refractivity contribution in [3.05, 3.63) is 57.2 Å².